The first-order valence-electron chi connectivity index (χ1n) is 6.75. The molecule has 0 fully saturated rings. The summed E-state index contributed by atoms with van der Waals surface area (Å²) in [6, 6.07) is 7.56. The van der Waals surface area contributed by atoms with Gasteiger partial charge in [-0.15, -0.1) is 0 Å². The van der Waals surface area contributed by atoms with Crippen molar-refractivity contribution in [2.45, 2.75) is 20.8 Å². The molecule has 0 spiro atoms. The lowest BCUT2D eigenvalue weighted by Crippen LogP contribution is -2.06. The van der Waals surface area contributed by atoms with Gasteiger partial charge < -0.3 is 13.8 Å². The Labute approximate surface area is 123 Å². The van der Waals surface area contributed by atoms with E-state index in [1.165, 1.54) is 5.30 Å². The number of carbonyl (C=O) groups is 1. The number of benzene rings is 1. The molecule has 6 heteroatoms. The van der Waals surface area contributed by atoms with Gasteiger partial charge in [-0.1, -0.05) is 20.7 Å². The monoisotopic (exact) mass is 316 g/mol. The van der Waals surface area contributed by atoms with Crippen molar-refractivity contribution in [3.63, 3.8) is 0 Å². The van der Waals surface area contributed by atoms with Gasteiger partial charge >= 0.3 is 5.97 Å². The highest BCUT2D eigenvalue weighted by atomic mass is 31.2. The Hall–Kier alpha value is -0.530. The van der Waals surface area contributed by atoms with Crippen molar-refractivity contribution < 1.29 is 18.6 Å². The highest BCUT2D eigenvalue weighted by molar-refractivity contribution is 7.64. The standard InChI is InChI=1S/C14H22O4P2/c1-4-16-14(15)12-7-9-13(10-8-12)19-11-20(17-5-2)18-6-3/h7-10,19H,4-6,11H2,1-3H3. The maximum atomic E-state index is 11.5. The van der Waals surface area contributed by atoms with Crippen LogP contribution in [0.5, 0.6) is 0 Å². The van der Waals surface area contributed by atoms with Crippen LogP contribution in [0.4, 0.5) is 0 Å². The second-order valence-electron chi connectivity index (χ2n) is 3.80. The molecule has 1 rings (SSSR count). The smallest absolute Gasteiger partial charge is 0.338 e. The first-order valence-corrected chi connectivity index (χ1v) is 9.32. The molecule has 0 heterocycles. The van der Waals surface area contributed by atoms with Crippen LogP contribution in [0.2, 0.25) is 0 Å². The normalized spacial score (nSPS) is 11.4. The Morgan fingerprint density at radius 2 is 1.65 bits per heavy atom. The minimum atomic E-state index is -0.790. The molecule has 1 aromatic rings. The Morgan fingerprint density at radius 1 is 1.05 bits per heavy atom. The molecule has 0 bridgehead atoms. The Balaban J connectivity index is 2.50. The van der Waals surface area contributed by atoms with E-state index in [0.717, 1.165) is 5.90 Å². The van der Waals surface area contributed by atoms with Crippen molar-refractivity contribution in [2.75, 3.05) is 25.7 Å². The van der Waals surface area contributed by atoms with Crippen LogP contribution in [-0.2, 0) is 13.8 Å². The average molecular weight is 316 g/mol. The van der Waals surface area contributed by atoms with Gasteiger partial charge in [-0.25, -0.2) is 4.79 Å². The predicted octanol–water partition coefficient (Wildman–Crippen LogP) is 3.51. The molecule has 4 nitrogen and oxygen atoms in total. The van der Waals surface area contributed by atoms with Gasteiger partial charge in [0.2, 0.25) is 0 Å². The first kappa shape index (κ1) is 17.5. The van der Waals surface area contributed by atoms with Gasteiger partial charge in [-0.05, 0) is 38.2 Å². The summed E-state index contributed by atoms with van der Waals surface area (Å²) in [5, 5.41) is 1.20. The summed E-state index contributed by atoms with van der Waals surface area (Å²) >= 11 is 0. The third kappa shape index (κ3) is 6.28. The SMILES string of the molecule is CCOC(=O)c1ccc(PCP(OCC)OCC)cc1. The minimum Gasteiger partial charge on any atom is -0.462 e. The predicted molar refractivity (Wildman–Crippen MR) is 85.4 cm³/mol. The third-order valence-electron chi connectivity index (χ3n) is 2.35. The maximum Gasteiger partial charge on any atom is 0.338 e. The van der Waals surface area contributed by atoms with E-state index in [2.05, 4.69) is 0 Å². The fourth-order valence-electron chi connectivity index (χ4n) is 1.51. The van der Waals surface area contributed by atoms with Gasteiger partial charge in [-0.2, -0.15) is 0 Å². The number of hydrogen-bond donors (Lipinski definition) is 0. The molecular weight excluding hydrogens is 294 g/mol. The lowest BCUT2D eigenvalue weighted by atomic mass is 10.2. The number of rotatable bonds is 9. The zero-order chi connectivity index (χ0) is 14.8. The molecule has 1 unspecified atom stereocenters. The van der Waals surface area contributed by atoms with Crippen LogP contribution in [-0.4, -0.2) is 31.7 Å². The summed E-state index contributed by atoms with van der Waals surface area (Å²) in [5.74, 6) is 0.628. The topological polar surface area (TPSA) is 44.8 Å². The summed E-state index contributed by atoms with van der Waals surface area (Å²) in [6.45, 7) is 7.51. The van der Waals surface area contributed by atoms with Gasteiger partial charge in [0.05, 0.1) is 25.4 Å². The molecule has 0 radical (unpaired) electrons. The molecule has 0 saturated heterocycles. The second-order valence-corrected chi connectivity index (χ2v) is 7.18. The van der Waals surface area contributed by atoms with Gasteiger partial charge in [0.15, 0.2) is 8.38 Å². The van der Waals surface area contributed by atoms with Crippen LogP contribution in [0.15, 0.2) is 24.3 Å². The molecule has 0 N–H and O–H groups in total. The van der Waals surface area contributed by atoms with Gasteiger partial charge in [0.1, 0.15) is 0 Å². The number of carbonyl (C=O) groups excluding carboxylic acids is 1. The van der Waals surface area contributed by atoms with E-state index in [1.807, 2.05) is 38.1 Å². The van der Waals surface area contributed by atoms with Crippen LogP contribution >= 0.6 is 17.0 Å². The fraction of sp³-hybridized carbons (Fsp3) is 0.500. The number of hydrogen-bond acceptors (Lipinski definition) is 4. The van der Waals surface area contributed by atoms with E-state index in [0.29, 0.717) is 34.0 Å². The molecule has 0 aliphatic rings. The van der Waals surface area contributed by atoms with Crippen molar-refractivity contribution in [1.82, 2.24) is 0 Å². The van der Waals surface area contributed by atoms with Crippen molar-refractivity contribution in [2.24, 2.45) is 0 Å². The van der Waals surface area contributed by atoms with Crippen LogP contribution in [0.1, 0.15) is 31.1 Å². The molecule has 0 aliphatic carbocycles. The fourth-order valence-corrected chi connectivity index (χ4v) is 4.54. The van der Waals surface area contributed by atoms with E-state index in [-0.39, 0.29) is 5.97 Å². The zero-order valence-corrected chi connectivity index (χ0v) is 14.1. The highest BCUT2D eigenvalue weighted by Gasteiger charge is 2.10. The van der Waals surface area contributed by atoms with Crippen molar-refractivity contribution in [1.29, 1.82) is 0 Å². The number of esters is 1. The van der Waals surface area contributed by atoms with Gasteiger partial charge in [0, 0.05) is 5.90 Å². The molecule has 112 valence electrons. The molecule has 0 aliphatic heterocycles. The quantitative estimate of drug-likeness (QED) is 0.516. The summed E-state index contributed by atoms with van der Waals surface area (Å²) < 4.78 is 16.1. The van der Waals surface area contributed by atoms with Crippen molar-refractivity contribution in [3.8, 4) is 0 Å². The molecular formula is C14H22O4P2. The molecule has 1 aromatic carbocycles. The van der Waals surface area contributed by atoms with Crippen molar-refractivity contribution >= 4 is 28.2 Å². The lowest BCUT2D eigenvalue weighted by molar-refractivity contribution is 0.0526. The van der Waals surface area contributed by atoms with Crippen molar-refractivity contribution in [3.05, 3.63) is 29.8 Å². The van der Waals surface area contributed by atoms with Crippen LogP contribution in [0, 0.1) is 0 Å². The van der Waals surface area contributed by atoms with Gasteiger partial charge in [0.25, 0.3) is 0 Å². The second kappa shape index (κ2) is 10.2. The zero-order valence-electron chi connectivity index (χ0n) is 12.2. The lowest BCUT2D eigenvalue weighted by Gasteiger charge is -2.15. The molecule has 0 saturated carbocycles. The number of ether oxygens (including phenoxy) is 1. The molecule has 0 aromatic heterocycles. The summed E-state index contributed by atoms with van der Waals surface area (Å²) in [7, 11) is -0.168. The van der Waals surface area contributed by atoms with Gasteiger partial charge in [-0.3, -0.25) is 0 Å². The maximum absolute atomic E-state index is 11.5. The Bertz CT molecular complexity index is 389. The minimum absolute atomic E-state index is 0.270. The summed E-state index contributed by atoms with van der Waals surface area (Å²) in [4.78, 5) is 11.5. The summed E-state index contributed by atoms with van der Waals surface area (Å²) in [6.07, 6.45) is 0. The Morgan fingerprint density at radius 3 is 2.15 bits per heavy atom. The molecule has 0 amide bonds. The first-order chi connectivity index (χ1) is 9.71. The van der Waals surface area contributed by atoms with E-state index >= 15 is 0 Å². The largest absolute Gasteiger partial charge is 0.462 e. The Kier molecular flexibility index (Phi) is 8.97. The highest BCUT2D eigenvalue weighted by Crippen LogP contribution is 2.43. The van der Waals surface area contributed by atoms with E-state index in [9.17, 15) is 4.79 Å². The molecule has 1 atom stereocenters. The van der Waals surface area contributed by atoms with Crippen LogP contribution in [0.25, 0.3) is 0 Å². The van der Waals surface area contributed by atoms with Crippen LogP contribution < -0.4 is 5.30 Å². The van der Waals surface area contributed by atoms with E-state index < -0.39 is 8.38 Å². The third-order valence-corrected chi connectivity index (χ3v) is 5.85. The molecule has 20 heavy (non-hydrogen) atoms. The van der Waals surface area contributed by atoms with E-state index in [4.69, 9.17) is 13.8 Å². The summed E-state index contributed by atoms with van der Waals surface area (Å²) in [5.41, 5.74) is 0.595. The van der Waals surface area contributed by atoms with E-state index in [1.54, 1.807) is 6.92 Å². The average Bonchev–Trinajstić information content (AvgIpc) is 2.46. The van der Waals surface area contributed by atoms with Crippen LogP contribution in [0.3, 0.4) is 0 Å².